The van der Waals surface area contributed by atoms with E-state index in [0.29, 0.717) is 12.1 Å². The maximum absolute atomic E-state index is 5.71. The van der Waals surface area contributed by atoms with Gasteiger partial charge in [0.2, 0.25) is 0 Å². The van der Waals surface area contributed by atoms with E-state index < -0.39 is 0 Å². The first-order valence-electron chi connectivity index (χ1n) is 7.20. The van der Waals surface area contributed by atoms with Crippen molar-refractivity contribution in [2.24, 2.45) is 5.73 Å². The van der Waals surface area contributed by atoms with E-state index in [0.717, 1.165) is 19.4 Å². The Bertz CT molecular complexity index is 155. The van der Waals surface area contributed by atoms with Gasteiger partial charge < -0.3 is 10.5 Å². The standard InChI is InChI=1S/C14H29NO/c1-2-3-4-5-6-7-8-9-10-16-14-11-13(15)12-14/h13-14H,2-12,15H2,1H3. The van der Waals surface area contributed by atoms with Crippen molar-refractivity contribution in [3.05, 3.63) is 0 Å². The quantitative estimate of drug-likeness (QED) is 0.578. The van der Waals surface area contributed by atoms with E-state index in [9.17, 15) is 0 Å². The molecule has 2 N–H and O–H groups in total. The molecule has 0 radical (unpaired) electrons. The Morgan fingerprint density at radius 3 is 2.06 bits per heavy atom. The van der Waals surface area contributed by atoms with Crippen LogP contribution in [-0.2, 0) is 4.74 Å². The Labute approximate surface area is 101 Å². The summed E-state index contributed by atoms with van der Waals surface area (Å²) < 4.78 is 5.71. The van der Waals surface area contributed by atoms with Crippen LogP contribution < -0.4 is 5.73 Å². The van der Waals surface area contributed by atoms with Crippen molar-refractivity contribution in [3.8, 4) is 0 Å². The van der Waals surface area contributed by atoms with Crippen LogP contribution in [0.4, 0.5) is 0 Å². The number of nitrogens with two attached hydrogens (primary N) is 1. The minimum absolute atomic E-state index is 0.420. The number of unbranched alkanes of at least 4 members (excludes halogenated alkanes) is 7. The van der Waals surface area contributed by atoms with Gasteiger partial charge in [-0.1, -0.05) is 51.9 Å². The topological polar surface area (TPSA) is 35.2 Å². The fourth-order valence-corrected chi connectivity index (χ4v) is 2.23. The van der Waals surface area contributed by atoms with Gasteiger partial charge in [-0.15, -0.1) is 0 Å². The summed E-state index contributed by atoms with van der Waals surface area (Å²) in [6.45, 7) is 3.22. The monoisotopic (exact) mass is 227 g/mol. The summed E-state index contributed by atoms with van der Waals surface area (Å²) in [5.41, 5.74) is 5.70. The van der Waals surface area contributed by atoms with Crippen LogP contribution >= 0.6 is 0 Å². The fraction of sp³-hybridized carbons (Fsp3) is 1.00. The van der Waals surface area contributed by atoms with Crippen LogP contribution in [0.15, 0.2) is 0 Å². The molecule has 0 saturated heterocycles. The molecule has 1 saturated carbocycles. The lowest BCUT2D eigenvalue weighted by Crippen LogP contribution is -2.41. The molecule has 0 amide bonds. The maximum Gasteiger partial charge on any atom is 0.0604 e. The molecule has 96 valence electrons. The SMILES string of the molecule is CCCCCCCCCCOC1CC(N)C1. The number of hydrogen-bond donors (Lipinski definition) is 1. The molecule has 16 heavy (non-hydrogen) atoms. The Balaban J connectivity index is 1.68. The molecular weight excluding hydrogens is 198 g/mol. The van der Waals surface area contributed by atoms with Crippen molar-refractivity contribution >= 4 is 0 Å². The molecule has 0 aromatic rings. The average molecular weight is 227 g/mol. The van der Waals surface area contributed by atoms with Crippen molar-refractivity contribution in [2.75, 3.05) is 6.61 Å². The molecule has 1 rings (SSSR count). The lowest BCUT2D eigenvalue weighted by Gasteiger charge is -2.32. The highest BCUT2D eigenvalue weighted by Gasteiger charge is 2.25. The normalized spacial score (nSPS) is 24.4. The van der Waals surface area contributed by atoms with Gasteiger partial charge in [-0.3, -0.25) is 0 Å². The van der Waals surface area contributed by atoms with Gasteiger partial charge in [0, 0.05) is 12.6 Å². The Morgan fingerprint density at radius 2 is 1.50 bits per heavy atom. The highest BCUT2D eigenvalue weighted by atomic mass is 16.5. The van der Waals surface area contributed by atoms with Crippen LogP contribution in [0.3, 0.4) is 0 Å². The third-order valence-corrected chi connectivity index (χ3v) is 3.48. The number of rotatable bonds is 10. The summed E-state index contributed by atoms with van der Waals surface area (Å²) in [6.07, 6.45) is 13.6. The lowest BCUT2D eigenvalue weighted by atomic mass is 9.90. The van der Waals surface area contributed by atoms with Crippen LogP contribution in [0.1, 0.15) is 71.1 Å². The second-order valence-electron chi connectivity index (χ2n) is 5.20. The molecule has 2 heteroatoms. The second-order valence-corrected chi connectivity index (χ2v) is 5.20. The third kappa shape index (κ3) is 6.49. The Kier molecular flexibility index (Phi) is 7.87. The van der Waals surface area contributed by atoms with Gasteiger partial charge in [-0.2, -0.15) is 0 Å². The molecule has 0 heterocycles. The summed E-state index contributed by atoms with van der Waals surface area (Å²) in [4.78, 5) is 0. The number of hydrogen-bond acceptors (Lipinski definition) is 2. The number of ether oxygens (including phenoxy) is 1. The van der Waals surface area contributed by atoms with E-state index in [1.54, 1.807) is 0 Å². The smallest absolute Gasteiger partial charge is 0.0604 e. The van der Waals surface area contributed by atoms with Gasteiger partial charge in [0.15, 0.2) is 0 Å². The van der Waals surface area contributed by atoms with Crippen LogP contribution in [-0.4, -0.2) is 18.8 Å². The highest BCUT2D eigenvalue weighted by molar-refractivity contribution is 4.82. The van der Waals surface area contributed by atoms with E-state index in [2.05, 4.69) is 6.92 Å². The molecule has 1 aliphatic carbocycles. The molecule has 0 unspecified atom stereocenters. The van der Waals surface area contributed by atoms with Crippen molar-refractivity contribution in [1.29, 1.82) is 0 Å². The summed E-state index contributed by atoms with van der Waals surface area (Å²) in [5.74, 6) is 0. The first kappa shape index (κ1) is 14.0. The molecule has 0 aliphatic heterocycles. The van der Waals surface area contributed by atoms with Crippen molar-refractivity contribution in [3.63, 3.8) is 0 Å². The zero-order valence-electron chi connectivity index (χ0n) is 10.9. The van der Waals surface area contributed by atoms with Crippen molar-refractivity contribution < 1.29 is 4.74 Å². The van der Waals surface area contributed by atoms with Gasteiger partial charge in [0.05, 0.1) is 6.10 Å². The van der Waals surface area contributed by atoms with E-state index in [1.165, 1.54) is 51.4 Å². The van der Waals surface area contributed by atoms with Crippen molar-refractivity contribution in [2.45, 2.75) is 83.3 Å². The molecule has 0 bridgehead atoms. The summed E-state index contributed by atoms with van der Waals surface area (Å²) in [7, 11) is 0. The molecule has 0 aromatic carbocycles. The summed E-state index contributed by atoms with van der Waals surface area (Å²) in [5, 5.41) is 0. The lowest BCUT2D eigenvalue weighted by molar-refractivity contribution is -0.00985. The fourth-order valence-electron chi connectivity index (χ4n) is 2.23. The average Bonchev–Trinajstić information content (AvgIpc) is 2.24. The van der Waals surface area contributed by atoms with Crippen LogP contribution in [0, 0.1) is 0 Å². The predicted molar refractivity (Wildman–Crippen MR) is 69.6 cm³/mol. The van der Waals surface area contributed by atoms with Gasteiger partial charge in [0.25, 0.3) is 0 Å². The van der Waals surface area contributed by atoms with Crippen LogP contribution in [0.5, 0.6) is 0 Å². The zero-order valence-corrected chi connectivity index (χ0v) is 10.9. The van der Waals surface area contributed by atoms with Gasteiger partial charge in [0.1, 0.15) is 0 Å². The van der Waals surface area contributed by atoms with Gasteiger partial charge in [-0.05, 0) is 19.3 Å². The summed E-state index contributed by atoms with van der Waals surface area (Å²) in [6, 6.07) is 0.420. The van der Waals surface area contributed by atoms with Gasteiger partial charge in [-0.25, -0.2) is 0 Å². The Morgan fingerprint density at radius 1 is 0.938 bits per heavy atom. The zero-order chi connectivity index (χ0) is 11.6. The Hall–Kier alpha value is -0.0800. The van der Waals surface area contributed by atoms with E-state index in [-0.39, 0.29) is 0 Å². The molecule has 1 aliphatic rings. The summed E-state index contributed by atoms with van der Waals surface area (Å²) >= 11 is 0. The molecule has 1 fully saturated rings. The van der Waals surface area contributed by atoms with E-state index >= 15 is 0 Å². The highest BCUT2D eigenvalue weighted by Crippen LogP contribution is 2.21. The molecule has 0 aromatic heterocycles. The maximum atomic E-state index is 5.71. The predicted octanol–water partition coefficient (Wildman–Crippen LogP) is 3.63. The van der Waals surface area contributed by atoms with E-state index in [1.807, 2.05) is 0 Å². The van der Waals surface area contributed by atoms with Crippen LogP contribution in [0.2, 0.25) is 0 Å². The minimum atomic E-state index is 0.420. The molecule has 0 atom stereocenters. The molecule has 0 spiro atoms. The van der Waals surface area contributed by atoms with Gasteiger partial charge >= 0.3 is 0 Å². The van der Waals surface area contributed by atoms with Crippen LogP contribution in [0.25, 0.3) is 0 Å². The first-order valence-corrected chi connectivity index (χ1v) is 7.20. The molecule has 2 nitrogen and oxygen atoms in total. The second kappa shape index (κ2) is 9.00. The molecular formula is C14H29NO. The van der Waals surface area contributed by atoms with E-state index in [4.69, 9.17) is 10.5 Å². The minimum Gasteiger partial charge on any atom is -0.378 e. The first-order chi connectivity index (χ1) is 7.83. The third-order valence-electron chi connectivity index (χ3n) is 3.48. The van der Waals surface area contributed by atoms with Crippen molar-refractivity contribution in [1.82, 2.24) is 0 Å². The largest absolute Gasteiger partial charge is 0.378 e.